The average molecular weight is 500 g/mol. The Hall–Kier alpha value is -4.44. The third-order valence-electron chi connectivity index (χ3n) is 6.66. The molecule has 2 amide bonds. The number of anilines is 1. The first-order valence-electron chi connectivity index (χ1n) is 11.0. The van der Waals surface area contributed by atoms with Gasteiger partial charge in [-0.05, 0) is 23.6 Å². The van der Waals surface area contributed by atoms with Crippen molar-refractivity contribution in [3.8, 4) is 0 Å². The Balaban J connectivity index is 1.51. The number of ketones is 1. The highest BCUT2D eigenvalue weighted by atomic mass is 32.1. The van der Waals surface area contributed by atoms with E-state index in [1.165, 1.54) is 13.2 Å². The van der Waals surface area contributed by atoms with Gasteiger partial charge in [0.15, 0.2) is 5.78 Å². The summed E-state index contributed by atoms with van der Waals surface area (Å²) in [7, 11) is 1.22. The Bertz CT molecular complexity index is 1540. The number of aliphatic hydroxyl groups is 1. The van der Waals surface area contributed by atoms with Crippen LogP contribution in [0.5, 0.6) is 0 Å². The number of pyridine rings is 1. The molecule has 2 aliphatic heterocycles. The van der Waals surface area contributed by atoms with Crippen molar-refractivity contribution >= 4 is 52.1 Å². The molecule has 1 aliphatic carbocycles. The van der Waals surface area contributed by atoms with E-state index in [9.17, 15) is 24.3 Å². The Morgan fingerprint density at radius 2 is 1.78 bits per heavy atom. The highest BCUT2D eigenvalue weighted by Crippen LogP contribution is 2.49. The summed E-state index contributed by atoms with van der Waals surface area (Å²) in [4.78, 5) is 63.3. The van der Waals surface area contributed by atoms with Crippen LogP contribution < -0.4 is 4.90 Å². The predicted octanol–water partition coefficient (Wildman–Crippen LogP) is 3.40. The second-order valence-electron chi connectivity index (χ2n) is 8.45. The lowest BCUT2D eigenvalue weighted by Crippen LogP contribution is -2.34. The maximum Gasteiger partial charge on any atom is 0.350 e. The molecule has 0 bridgehead atoms. The van der Waals surface area contributed by atoms with Crippen molar-refractivity contribution < 1.29 is 29.0 Å². The number of benzene rings is 1. The van der Waals surface area contributed by atoms with Gasteiger partial charge in [0.2, 0.25) is 11.8 Å². The molecule has 3 atom stereocenters. The molecule has 36 heavy (non-hydrogen) atoms. The fraction of sp³-hybridized carbons (Fsp3) is 0.154. The lowest BCUT2D eigenvalue weighted by atomic mass is 9.84. The summed E-state index contributed by atoms with van der Waals surface area (Å²) in [5, 5.41) is 12.6. The van der Waals surface area contributed by atoms with Crippen LogP contribution in [0.2, 0.25) is 0 Å². The number of aliphatic imine (C=N–C) groups is 1. The molecular formula is C26H17N3O6S. The van der Waals surface area contributed by atoms with Gasteiger partial charge in [-0.15, -0.1) is 11.3 Å². The summed E-state index contributed by atoms with van der Waals surface area (Å²) in [6, 6.07) is 12.4. The molecule has 1 fully saturated rings. The van der Waals surface area contributed by atoms with Gasteiger partial charge in [-0.1, -0.05) is 30.3 Å². The first-order valence-corrected chi connectivity index (χ1v) is 11.9. The molecule has 1 aromatic carbocycles. The number of carbonyl (C=O) groups excluding carboxylic acids is 4. The second kappa shape index (κ2) is 8.06. The van der Waals surface area contributed by atoms with Gasteiger partial charge < -0.3 is 9.84 Å². The molecule has 1 saturated heterocycles. The molecule has 0 radical (unpaired) electrons. The van der Waals surface area contributed by atoms with E-state index in [1.807, 2.05) is 0 Å². The molecular weight excluding hydrogens is 482 g/mol. The van der Waals surface area contributed by atoms with E-state index in [-0.39, 0.29) is 27.6 Å². The number of thiophene rings is 1. The molecule has 6 rings (SSSR count). The van der Waals surface area contributed by atoms with Crippen LogP contribution in [0.25, 0.3) is 5.76 Å². The summed E-state index contributed by atoms with van der Waals surface area (Å²) < 4.78 is 4.82. The lowest BCUT2D eigenvalue weighted by Gasteiger charge is -2.18. The number of hydrogen-bond donors (Lipinski definition) is 1. The molecule has 3 unspecified atom stereocenters. The number of methoxy groups -OCH3 is 1. The van der Waals surface area contributed by atoms with Crippen LogP contribution in [0.15, 0.2) is 70.7 Å². The van der Waals surface area contributed by atoms with Crippen LogP contribution in [-0.2, 0) is 14.3 Å². The normalized spacial score (nSPS) is 22.7. The number of carbonyl (C=O) groups is 4. The summed E-state index contributed by atoms with van der Waals surface area (Å²) >= 11 is 1.05. The van der Waals surface area contributed by atoms with Gasteiger partial charge in [0.1, 0.15) is 16.7 Å². The lowest BCUT2D eigenvalue weighted by molar-refractivity contribution is -0.122. The molecule has 178 valence electrons. The minimum Gasteiger partial charge on any atom is -0.506 e. The summed E-state index contributed by atoms with van der Waals surface area (Å²) in [5.41, 5.74) is 1.17. The maximum atomic E-state index is 13.8. The van der Waals surface area contributed by atoms with Crippen molar-refractivity contribution in [2.45, 2.75) is 6.04 Å². The first-order chi connectivity index (χ1) is 17.4. The number of Topliss-reactive ketones (excluding diaryl/α,β-unsaturated/α-hetero) is 1. The van der Waals surface area contributed by atoms with Crippen LogP contribution in [0.1, 0.15) is 37.3 Å². The van der Waals surface area contributed by atoms with E-state index in [0.717, 1.165) is 16.2 Å². The fourth-order valence-corrected chi connectivity index (χ4v) is 5.89. The van der Waals surface area contributed by atoms with Crippen LogP contribution in [0.4, 0.5) is 5.69 Å². The Labute approximate surface area is 208 Å². The molecule has 0 saturated carbocycles. The Kier molecular flexibility index (Phi) is 4.94. The summed E-state index contributed by atoms with van der Waals surface area (Å²) in [6.45, 7) is 0. The number of allylic oxidation sites excluding steroid dienone is 1. The maximum absolute atomic E-state index is 13.8. The zero-order valence-corrected chi connectivity index (χ0v) is 19.6. The van der Waals surface area contributed by atoms with Gasteiger partial charge in [0.05, 0.1) is 41.6 Å². The van der Waals surface area contributed by atoms with E-state index in [0.29, 0.717) is 16.8 Å². The third-order valence-corrected chi connectivity index (χ3v) is 7.54. The zero-order valence-electron chi connectivity index (χ0n) is 18.7. The Morgan fingerprint density at radius 1 is 1.03 bits per heavy atom. The molecule has 4 heterocycles. The van der Waals surface area contributed by atoms with E-state index >= 15 is 0 Å². The minimum absolute atomic E-state index is 0.0463. The van der Waals surface area contributed by atoms with Crippen molar-refractivity contribution in [2.75, 3.05) is 12.0 Å². The number of ether oxygens (including phenoxy) is 1. The highest BCUT2D eigenvalue weighted by Gasteiger charge is 2.60. The molecule has 10 heteroatoms. The van der Waals surface area contributed by atoms with Crippen molar-refractivity contribution in [1.29, 1.82) is 0 Å². The van der Waals surface area contributed by atoms with Crippen molar-refractivity contribution in [3.63, 3.8) is 0 Å². The van der Waals surface area contributed by atoms with Gasteiger partial charge in [0, 0.05) is 17.3 Å². The largest absolute Gasteiger partial charge is 0.506 e. The summed E-state index contributed by atoms with van der Waals surface area (Å²) in [5.74, 6) is -4.74. The Morgan fingerprint density at radius 3 is 2.47 bits per heavy atom. The number of hydrogen-bond acceptors (Lipinski definition) is 9. The van der Waals surface area contributed by atoms with Crippen molar-refractivity contribution in [3.05, 3.63) is 87.4 Å². The first kappa shape index (κ1) is 22.1. The number of esters is 1. The van der Waals surface area contributed by atoms with Crippen LogP contribution in [0.3, 0.4) is 0 Å². The van der Waals surface area contributed by atoms with E-state index in [2.05, 4.69) is 9.98 Å². The number of amides is 2. The molecule has 3 aliphatic rings. The van der Waals surface area contributed by atoms with E-state index in [1.54, 1.807) is 54.0 Å². The molecule has 9 nitrogen and oxygen atoms in total. The number of rotatable bonds is 4. The number of aliphatic hydroxyl groups excluding tert-OH is 1. The number of aromatic nitrogens is 1. The minimum atomic E-state index is -1.13. The smallest absolute Gasteiger partial charge is 0.350 e. The van der Waals surface area contributed by atoms with E-state index < -0.39 is 41.4 Å². The number of imide groups is 1. The van der Waals surface area contributed by atoms with Gasteiger partial charge in [-0.2, -0.15) is 0 Å². The monoisotopic (exact) mass is 499 g/mol. The van der Waals surface area contributed by atoms with Gasteiger partial charge in [0.25, 0.3) is 0 Å². The zero-order chi connectivity index (χ0) is 25.1. The standard InChI is InChI=1S/C26H17N3O6S/c1-35-26(34)23-15(9-11-36-23)29-24(32)16-17(25(29)33)20(28-19(16)14-8-4-5-10-27-14)18-21(30)12-6-2-3-7-13(12)22(18)31/h2-11,16-17,19,30H,1H3. The molecule has 0 spiro atoms. The van der Waals surface area contributed by atoms with Crippen LogP contribution >= 0.6 is 11.3 Å². The van der Waals surface area contributed by atoms with Gasteiger partial charge in [-0.3, -0.25) is 24.4 Å². The van der Waals surface area contributed by atoms with Crippen molar-refractivity contribution in [2.24, 2.45) is 16.8 Å². The van der Waals surface area contributed by atoms with Gasteiger partial charge >= 0.3 is 5.97 Å². The van der Waals surface area contributed by atoms with E-state index in [4.69, 9.17) is 4.74 Å². The summed E-state index contributed by atoms with van der Waals surface area (Å²) in [6.07, 6.45) is 1.55. The van der Waals surface area contributed by atoms with Crippen molar-refractivity contribution in [1.82, 2.24) is 4.98 Å². The third kappa shape index (κ3) is 2.94. The fourth-order valence-electron chi connectivity index (χ4n) is 5.09. The quantitative estimate of drug-likeness (QED) is 0.431. The molecule has 1 N–H and O–H groups in total. The molecule has 2 aromatic heterocycles. The van der Waals surface area contributed by atoms with Crippen LogP contribution in [0, 0.1) is 11.8 Å². The van der Waals surface area contributed by atoms with Crippen LogP contribution in [-0.4, -0.2) is 46.5 Å². The SMILES string of the molecule is COC(=O)c1sccc1N1C(=O)C2C(C3=C(O)c4ccccc4C3=O)=NC(c3ccccn3)C2C1=O. The average Bonchev–Trinajstić information content (AvgIpc) is 3.64. The molecule has 3 aromatic rings. The topological polar surface area (TPSA) is 126 Å². The number of fused-ring (bicyclic) bond motifs is 2. The highest BCUT2D eigenvalue weighted by molar-refractivity contribution is 7.12. The number of nitrogens with zero attached hydrogens (tertiary/aromatic N) is 3. The second-order valence-corrected chi connectivity index (χ2v) is 9.37. The van der Waals surface area contributed by atoms with Gasteiger partial charge in [-0.25, -0.2) is 9.69 Å². The predicted molar refractivity (Wildman–Crippen MR) is 130 cm³/mol.